The Hall–Kier alpha value is -0.750. The lowest BCUT2D eigenvalue weighted by Crippen LogP contribution is -2.36. The summed E-state index contributed by atoms with van der Waals surface area (Å²) in [5.74, 6) is 0. The first kappa shape index (κ1) is 14.3. The Morgan fingerprint density at radius 2 is 2.12 bits per heavy atom. The molecule has 0 aliphatic rings. The van der Waals surface area contributed by atoms with Gasteiger partial charge in [0.15, 0.2) is 0 Å². The normalized spacial score (nSPS) is 14.0. The highest BCUT2D eigenvalue weighted by Crippen LogP contribution is 2.35. The van der Waals surface area contributed by atoms with Gasteiger partial charge in [0.1, 0.15) is 6.04 Å². The van der Waals surface area contributed by atoms with Gasteiger partial charge >= 0.3 is 6.18 Å². The van der Waals surface area contributed by atoms with E-state index in [4.69, 9.17) is 11.6 Å². The van der Waals surface area contributed by atoms with Gasteiger partial charge in [-0.05, 0) is 19.9 Å². The standard InChI is InChI=1S/C10H15ClF3N3/c1-3-5-15-9(10(12,13)14)8-7(11)6-16-17(8)4-2/h6,9,15H,3-5H2,1-2H3. The fourth-order valence-electron chi connectivity index (χ4n) is 1.57. The molecule has 0 aromatic carbocycles. The molecule has 1 N–H and O–H groups in total. The van der Waals surface area contributed by atoms with E-state index in [9.17, 15) is 13.2 Å². The van der Waals surface area contributed by atoms with Crippen LogP contribution in [0.15, 0.2) is 6.20 Å². The highest BCUT2D eigenvalue weighted by atomic mass is 35.5. The van der Waals surface area contributed by atoms with E-state index in [0.717, 1.165) is 0 Å². The Labute approximate surface area is 103 Å². The van der Waals surface area contributed by atoms with Crippen LogP contribution < -0.4 is 5.32 Å². The molecular formula is C10H15ClF3N3. The third kappa shape index (κ3) is 3.35. The molecule has 17 heavy (non-hydrogen) atoms. The van der Waals surface area contributed by atoms with Gasteiger partial charge in [-0.15, -0.1) is 0 Å². The van der Waals surface area contributed by atoms with Crippen LogP contribution in [-0.4, -0.2) is 22.5 Å². The lowest BCUT2D eigenvalue weighted by Gasteiger charge is -2.22. The van der Waals surface area contributed by atoms with Crippen LogP contribution in [0.2, 0.25) is 5.02 Å². The Morgan fingerprint density at radius 3 is 2.59 bits per heavy atom. The topological polar surface area (TPSA) is 29.9 Å². The molecule has 98 valence electrons. The van der Waals surface area contributed by atoms with Crippen LogP contribution in [0.1, 0.15) is 32.0 Å². The molecule has 0 bridgehead atoms. The Bertz CT molecular complexity index is 362. The van der Waals surface area contributed by atoms with Crippen molar-refractivity contribution in [2.24, 2.45) is 0 Å². The minimum Gasteiger partial charge on any atom is -0.301 e. The molecule has 0 radical (unpaired) electrons. The maximum absolute atomic E-state index is 12.9. The maximum Gasteiger partial charge on any atom is 0.409 e. The van der Waals surface area contributed by atoms with Crippen molar-refractivity contribution in [2.75, 3.05) is 6.54 Å². The van der Waals surface area contributed by atoms with Gasteiger partial charge in [0.2, 0.25) is 0 Å². The van der Waals surface area contributed by atoms with Crippen molar-refractivity contribution >= 4 is 11.6 Å². The minimum absolute atomic E-state index is 0.0184. The van der Waals surface area contributed by atoms with Crippen molar-refractivity contribution in [3.63, 3.8) is 0 Å². The van der Waals surface area contributed by atoms with Crippen molar-refractivity contribution < 1.29 is 13.2 Å². The number of aromatic nitrogens is 2. The summed E-state index contributed by atoms with van der Waals surface area (Å²) in [6.45, 7) is 4.15. The van der Waals surface area contributed by atoms with Gasteiger partial charge < -0.3 is 5.32 Å². The molecule has 1 unspecified atom stereocenters. The highest BCUT2D eigenvalue weighted by Gasteiger charge is 2.43. The Balaban J connectivity index is 3.07. The molecule has 0 aliphatic carbocycles. The number of alkyl halides is 3. The van der Waals surface area contributed by atoms with Crippen LogP contribution in [0.4, 0.5) is 13.2 Å². The van der Waals surface area contributed by atoms with Gasteiger partial charge in [0.25, 0.3) is 0 Å². The predicted octanol–water partition coefficient (Wildman–Crippen LogP) is 3.16. The van der Waals surface area contributed by atoms with Gasteiger partial charge in [-0.3, -0.25) is 4.68 Å². The number of rotatable bonds is 5. The molecule has 1 aromatic rings. The van der Waals surface area contributed by atoms with Crippen molar-refractivity contribution in [1.29, 1.82) is 0 Å². The van der Waals surface area contributed by atoms with Gasteiger partial charge in [-0.2, -0.15) is 18.3 Å². The quantitative estimate of drug-likeness (QED) is 0.890. The van der Waals surface area contributed by atoms with Crippen LogP contribution in [0, 0.1) is 0 Å². The van der Waals surface area contributed by atoms with E-state index in [1.807, 2.05) is 0 Å². The molecule has 1 heterocycles. The molecule has 0 saturated heterocycles. The van der Waals surface area contributed by atoms with Crippen molar-refractivity contribution in [2.45, 2.75) is 39.0 Å². The van der Waals surface area contributed by atoms with Crippen LogP contribution >= 0.6 is 11.6 Å². The van der Waals surface area contributed by atoms with Crippen LogP contribution in [0.25, 0.3) is 0 Å². The summed E-state index contributed by atoms with van der Waals surface area (Å²) in [6, 6.07) is -1.77. The molecule has 1 atom stereocenters. The monoisotopic (exact) mass is 269 g/mol. The second-order valence-electron chi connectivity index (χ2n) is 3.62. The summed E-state index contributed by atoms with van der Waals surface area (Å²) in [5, 5.41) is 6.32. The van der Waals surface area contributed by atoms with E-state index in [0.29, 0.717) is 13.0 Å². The van der Waals surface area contributed by atoms with Gasteiger partial charge in [0, 0.05) is 6.54 Å². The third-order valence-electron chi connectivity index (χ3n) is 2.33. The molecule has 0 fully saturated rings. The summed E-state index contributed by atoms with van der Waals surface area (Å²) >= 11 is 5.78. The first-order valence-electron chi connectivity index (χ1n) is 5.43. The smallest absolute Gasteiger partial charge is 0.301 e. The molecule has 1 rings (SSSR count). The first-order valence-corrected chi connectivity index (χ1v) is 5.80. The second-order valence-corrected chi connectivity index (χ2v) is 4.03. The summed E-state index contributed by atoms with van der Waals surface area (Å²) in [4.78, 5) is 0. The van der Waals surface area contributed by atoms with Crippen molar-refractivity contribution in [3.8, 4) is 0 Å². The Morgan fingerprint density at radius 1 is 1.47 bits per heavy atom. The van der Waals surface area contributed by atoms with Gasteiger partial charge in [-0.1, -0.05) is 18.5 Å². The number of hydrogen-bond acceptors (Lipinski definition) is 2. The average Bonchev–Trinajstić information content (AvgIpc) is 2.59. The number of hydrogen-bond donors (Lipinski definition) is 1. The molecule has 0 saturated carbocycles. The van der Waals surface area contributed by atoms with E-state index < -0.39 is 12.2 Å². The molecule has 3 nitrogen and oxygen atoms in total. The third-order valence-corrected chi connectivity index (χ3v) is 2.62. The summed E-state index contributed by atoms with van der Waals surface area (Å²) in [6.07, 6.45) is -2.52. The molecule has 0 amide bonds. The zero-order chi connectivity index (χ0) is 13.1. The van der Waals surface area contributed by atoms with Crippen molar-refractivity contribution in [3.05, 3.63) is 16.9 Å². The number of nitrogens with one attached hydrogen (secondary N) is 1. The predicted molar refractivity (Wildman–Crippen MR) is 60.0 cm³/mol. The van der Waals surface area contributed by atoms with Gasteiger partial charge in [0.05, 0.1) is 16.9 Å². The number of nitrogens with zero attached hydrogens (tertiary/aromatic N) is 2. The van der Waals surface area contributed by atoms with Crippen LogP contribution in [0.3, 0.4) is 0 Å². The van der Waals surface area contributed by atoms with E-state index in [1.165, 1.54) is 10.9 Å². The molecule has 7 heteroatoms. The molecular weight excluding hydrogens is 255 g/mol. The first-order chi connectivity index (χ1) is 7.91. The highest BCUT2D eigenvalue weighted by molar-refractivity contribution is 6.31. The van der Waals surface area contributed by atoms with Crippen molar-refractivity contribution in [1.82, 2.24) is 15.1 Å². The van der Waals surface area contributed by atoms with E-state index in [1.54, 1.807) is 13.8 Å². The molecule has 0 aliphatic heterocycles. The summed E-state index contributed by atoms with van der Waals surface area (Å²) in [7, 11) is 0. The maximum atomic E-state index is 12.9. The fraction of sp³-hybridized carbons (Fsp3) is 0.700. The zero-order valence-electron chi connectivity index (χ0n) is 9.68. The van der Waals surface area contributed by atoms with E-state index in [-0.39, 0.29) is 17.3 Å². The minimum atomic E-state index is -4.38. The average molecular weight is 270 g/mol. The fourth-order valence-corrected chi connectivity index (χ4v) is 1.82. The lowest BCUT2D eigenvalue weighted by molar-refractivity contribution is -0.159. The van der Waals surface area contributed by atoms with Crippen LogP contribution in [-0.2, 0) is 6.54 Å². The van der Waals surface area contributed by atoms with E-state index in [2.05, 4.69) is 10.4 Å². The number of halogens is 4. The van der Waals surface area contributed by atoms with E-state index >= 15 is 0 Å². The molecule has 0 spiro atoms. The number of aryl methyl sites for hydroxylation is 1. The largest absolute Gasteiger partial charge is 0.409 e. The SMILES string of the molecule is CCCNC(c1c(Cl)cnn1CC)C(F)(F)F. The zero-order valence-corrected chi connectivity index (χ0v) is 10.4. The Kier molecular flexibility index (Phi) is 4.82. The van der Waals surface area contributed by atoms with Gasteiger partial charge in [-0.25, -0.2) is 0 Å². The molecule has 1 aromatic heterocycles. The second kappa shape index (κ2) is 5.73. The van der Waals surface area contributed by atoms with Crippen LogP contribution in [0.5, 0.6) is 0 Å². The summed E-state index contributed by atoms with van der Waals surface area (Å²) < 4.78 is 40.1. The lowest BCUT2D eigenvalue weighted by atomic mass is 10.2. The summed E-state index contributed by atoms with van der Waals surface area (Å²) in [5.41, 5.74) is -0.0184.